The summed E-state index contributed by atoms with van der Waals surface area (Å²) in [7, 11) is 0. The number of nitrogens with one attached hydrogen (secondary N) is 1. The van der Waals surface area contributed by atoms with Crippen LogP contribution in [0.2, 0.25) is 0 Å². The highest BCUT2D eigenvalue weighted by Crippen LogP contribution is 2.18. The van der Waals surface area contributed by atoms with Gasteiger partial charge in [0.25, 0.3) is 5.91 Å². The summed E-state index contributed by atoms with van der Waals surface area (Å²) in [5, 5.41) is 14.7. The number of benzene rings is 2. The molecule has 0 aliphatic heterocycles. The molecule has 0 atom stereocenters. The number of hydrogen-bond donors (Lipinski definition) is 1. The van der Waals surface area contributed by atoms with Crippen LogP contribution in [0.15, 0.2) is 48.5 Å². The molecule has 0 spiro atoms. The number of nitrogens with zero attached hydrogens (tertiary/aromatic N) is 6. The Morgan fingerprint density at radius 2 is 1.93 bits per heavy atom. The number of carbonyl (C=O) groups excluding carboxylic acids is 1. The first-order chi connectivity index (χ1) is 13.7. The number of para-hydroxylation sites is 2. The van der Waals surface area contributed by atoms with Gasteiger partial charge in [-0.05, 0) is 48.5 Å². The number of aryl methyl sites for hydroxylation is 2. The number of carbonyl (C=O) groups is 1. The summed E-state index contributed by atoms with van der Waals surface area (Å²) in [6.45, 7) is 5.85. The minimum Gasteiger partial charge on any atom is -0.345 e. The molecule has 0 fully saturated rings. The lowest BCUT2D eigenvalue weighted by atomic mass is 10.1. The Labute approximate surface area is 162 Å². The normalized spacial score (nSPS) is 11.1. The average molecular weight is 375 g/mol. The highest BCUT2D eigenvalue weighted by molar-refractivity contribution is 5.95. The third-order valence-electron chi connectivity index (χ3n) is 4.67. The fourth-order valence-electron chi connectivity index (χ4n) is 3.30. The van der Waals surface area contributed by atoms with Crippen molar-refractivity contribution in [1.29, 1.82) is 0 Å². The lowest BCUT2D eigenvalue weighted by Crippen LogP contribution is -2.24. The maximum Gasteiger partial charge on any atom is 0.251 e. The van der Waals surface area contributed by atoms with Crippen LogP contribution in [-0.4, -0.2) is 35.7 Å². The highest BCUT2D eigenvalue weighted by Gasteiger charge is 2.13. The van der Waals surface area contributed by atoms with Crippen molar-refractivity contribution in [3.63, 3.8) is 0 Å². The van der Waals surface area contributed by atoms with Gasteiger partial charge in [-0.3, -0.25) is 4.79 Å². The first kappa shape index (κ1) is 17.8. The van der Waals surface area contributed by atoms with Crippen LogP contribution in [0.4, 0.5) is 0 Å². The van der Waals surface area contributed by atoms with Crippen molar-refractivity contribution >= 4 is 16.9 Å². The van der Waals surface area contributed by atoms with Gasteiger partial charge >= 0.3 is 0 Å². The van der Waals surface area contributed by atoms with Crippen molar-refractivity contribution in [2.24, 2.45) is 0 Å². The zero-order valence-corrected chi connectivity index (χ0v) is 15.8. The number of tetrazole rings is 1. The second-order valence-corrected chi connectivity index (χ2v) is 6.34. The molecule has 0 aliphatic carbocycles. The van der Waals surface area contributed by atoms with E-state index >= 15 is 0 Å². The van der Waals surface area contributed by atoms with Crippen molar-refractivity contribution < 1.29 is 4.79 Å². The average Bonchev–Trinajstić information content (AvgIpc) is 3.35. The van der Waals surface area contributed by atoms with Gasteiger partial charge in [0.1, 0.15) is 5.82 Å². The van der Waals surface area contributed by atoms with Crippen LogP contribution in [0.25, 0.3) is 22.4 Å². The summed E-state index contributed by atoms with van der Waals surface area (Å²) >= 11 is 0. The Balaban J connectivity index is 1.54. The summed E-state index contributed by atoms with van der Waals surface area (Å²) in [6.07, 6.45) is 0. The molecule has 142 valence electrons. The molecule has 8 nitrogen and oxygen atoms in total. The van der Waals surface area contributed by atoms with E-state index in [9.17, 15) is 4.79 Å². The number of amides is 1. The number of rotatable bonds is 6. The predicted octanol–water partition coefficient (Wildman–Crippen LogP) is 2.66. The Morgan fingerprint density at radius 3 is 2.75 bits per heavy atom. The summed E-state index contributed by atoms with van der Waals surface area (Å²) in [5.41, 5.74) is 3.37. The van der Waals surface area contributed by atoms with Gasteiger partial charge in [-0.25, -0.2) is 9.67 Å². The van der Waals surface area contributed by atoms with Gasteiger partial charge in [-0.2, -0.15) is 0 Å². The largest absolute Gasteiger partial charge is 0.345 e. The summed E-state index contributed by atoms with van der Waals surface area (Å²) in [5.74, 6) is 1.32. The number of fused-ring (bicyclic) bond motifs is 1. The van der Waals surface area contributed by atoms with Crippen LogP contribution in [-0.2, 0) is 19.6 Å². The quantitative estimate of drug-likeness (QED) is 0.559. The fourth-order valence-corrected chi connectivity index (χ4v) is 3.30. The first-order valence-corrected chi connectivity index (χ1v) is 9.30. The summed E-state index contributed by atoms with van der Waals surface area (Å²) in [6, 6.07) is 15.3. The summed E-state index contributed by atoms with van der Waals surface area (Å²) < 4.78 is 3.81. The zero-order valence-electron chi connectivity index (χ0n) is 15.8. The summed E-state index contributed by atoms with van der Waals surface area (Å²) in [4.78, 5) is 17.4. The van der Waals surface area contributed by atoms with Crippen LogP contribution in [0, 0.1) is 0 Å². The standard InChI is InChI=1S/C20H21N7O/c1-3-26-17-11-6-5-10-16(17)22-18(26)13-21-20(28)15-9-7-8-14(12-15)19-23-24-25-27(19)4-2/h5-12H,3-4,13H2,1-2H3,(H,21,28). The van der Waals surface area contributed by atoms with Crippen LogP contribution in [0.5, 0.6) is 0 Å². The predicted molar refractivity (Wildman–Crippen MR) is 106 cm³/mol. The molecule has 0 saturated heterocycles. The molecule has 8 heteroatoms. The van der Waals surface area contributed by atoms with Gasteiger partial charge < -0.3 is 9.88 Å². The molecule has 4 rings (SSSR count). The fraction of sp³-hybridized carbons (Fsp3) is 0.250. The zero-order chi connectivity index (χ0) is 19.5. The second-order valence-electron chi connectivity index (χ2n) is 6.34. The van der Waals surface area contributed by atoms with Crippen LogP contribution in [0.1, 0.15) is 30.0 Å². The maximum absolute atomic E-state index is 12.7. The third-order valence-corrected chi connectivity index (χ3v) is 4.67. The SMILES string of the molecule is CCn1nnnc1-c1cccc(C(=O)NCc2nc3ccccc3n2CC)c1. The van der Waals surface area contributed by atoms with Gasteiger partial charge in [0.15, 0.2) is 5.82 Å². The van der Waals surface area contributed by atoms with Gasteiger partial charge in [0, 0.05) is 24.2 Å². The topological polar surface area (TPSA) is 90.5 Å². The smallest absolute Gasteiger partial charge is 0.251 e. The highest BCUT2D eigenvalue weighted by atomic mass is 16.1. The van der Waals surface area contributed by atoms with E-state index < -0.39 is 0 Å². The lowest BCUT2D eigenvalue weighted by Gasteiger charge is -2.09. The minimum absolute atomic E-state index is 0.160. The van der Waals surface area contributed by atoms with Crippen LogP contribution < -0.4 is 5.32 Å². The number of hydrogen-bond acceptors (Lipinski definition) is 5. The molecule has 0 unspecified atom stereocenters. The van der Waals surface area contributed by atoms with E-state index in [1.165, 1.54) is 0 Å². The minimum atomic E-state index is -0.160. The molecular weight excluding hydrogens is 354 g/mol. The Bertz CT molecular complexity index is 1130. The first-order valence-electron chi connectivity index (χ1n) is 9.30. The van der Waals surface area contributed by atoms with Crippen molar-refractivity contribution in [2.75, 3.05) is 0 Å². The number of imidazole rings is 1. The molecule has 0 aliphatic rings. The van der Waals surface area contributed by atoms with E-state index in [0.717, 1.165) is 29.0 Å². The molecule has 2 heterocycles. The molecule has 0 saturated carbocycles. The van der Waals surface area contributed by atoms with E-state index in [1.54, 1.807) is 16.8 Å². The molecule has 4 aromatic rings. The Morgan fingerprint density at radius 1 is 1.07 bits per heavy atom. The van der Waals surface area contributed by atoms with E-state index in [1.807, 2.05) is 43.3 Å². The van der Waals surface area contributed by atoms with E-state index in [4.69, 9.17) is 0 Å². The Kier molecular flexibility index (Phi) is 4.84. The molecule has 1 N–H and O–H groups in total. The van der Waals surface area contributed by atoms with Gasteiger partial charge in [0.2, 0.25) is 0 Å². The molecule has 28 heavy (non-hydrogen) atoms. The molecular formula is C20H21N7O. The van der Waals surface area contributed by atoms with Crippen molar-refractivity contribution in [2.45, 2.75) is 33.5 Å². The van der Waals surface area contributed by atoms with Crippen molar-refractivity contribution in [3.05, 3.63) is 59.9 Å². The van der Waals surface area contributed by atoms with Crippen LogP contribution >= 0.6 is 0 Å². The molecule has 0 bridgehead atoms. The van der Waals surface area contributed by atoms with E-state index in [2.05, 4.69) is 37.3 Å². The van der Waals surface area contributed by atoms with Gasteiger partial charge in [0.05, 0.1) is 17.6 Å². The number of aromatic nitrogens is 6. The molecule has 1 amide bonds. The van der Waals surface area contributed by atoms with Crippen molar-refractivity contribution in [1.82, 2.24) is 35.1 Å². The lowest BCUT2D eigenvalue weighted by molar-refractivity contribution is 0.0949. The second kappa shape index (κ2) is 7.59. The third kappa shape index (κ3) is 3.24. The molecule has 2 aromatic carbocycles. The van der Waals surface area contributed by atoms with E-state index in [0.29, 0.717) is 24.5 Å². The molecule has 2 aromatic heterocycles. The monoisotopic (exact) mass is 375 g/mol. The van der Waals surface area contributed by atoms with Crippen LogP contribution in [0.3, 0.4) is 0 Å². The van der Waals surface area contributed by atoms with Crippen molar-refractivity contribution in [3.8, 4) is 11.4 Å². The van der Waals surface area contributed by atoms with Gasteiger partial charge in [-0.1, -0.05) is 24.3 Å². The Hall–Kier alpha value is -3.55. The maximum atomic E-state index is 12.7. The van der Waals surface area contributed by atoms with E-state index in [-0.39, 0.29) is 5.91 Å². The van der Waals surface area contributed by atoms with Gasteiger partial charge in [-0.15, -0.1) is 5.10 Å². The molecule has 0 radical (unpaired) electrons.